The lowest BCUT2D eigenvalue weighted by molar-refractivity contribution is -0.719. The van der Waals surface area contributed by atoms with Gasteiger partial charge in [-0.25, -0.2) is 4.98 Å². The van der Waals surface area contributed by atoms with Crippen molar-refractivity contribution in [2.45, 2.75) is 137 Å². The van der Waals surface area contributed by atoms with Crippen LogP contribution in [0.4, 0.5) is 0 Å². The van der Waals surface area contributed by atoms with Gasteiger partial charge in [-0.2, -0.15) is 9.13 Å². The summed E-state index contributed by atoms with van der Waals surface area (Å²) in [6.45, 7) is 31.0. The first-order valence-corrected chi connectivity index (χ1v) is 24.9. The van der Waals surface area contributed by atoms with E-state index >= 15 is 0 Å². The number of nitrogens with zero attached hydrogens (tertiary/aromatic N) is 3. The summed E-state index contributed by atoms with van der Waals surface area (Å²) in [5, 5.41) is 3.80. The van der Waals surface area contributed by atoms with Gasteiger partial charge in [0.15, 0.2) is 29.7 Å². The van der Waals surface area contributed by atoms with Crippen LogP contribution < -0.4 is 14.3 Å². The van der Waals surface area contributed by atoms with Crippen molar-refractivity contribution >= 4 is 41.0 Å². The number of aromatic nitrogens is 3. The Balaban J connectivity index is 1.40. The normalized spacial score (nSPS) is 17.2. The standard InChI is InChI=1S/C51H63N3OSi/c1-13-34(14-2)36-23-24-53-33(6)26-44-40(20-16-35-17-21-41-42-19-15-32(5)52-50(42)55-49(41)48(35)46(53)27-36)39-22-18-38(51(7,8)9)29-43(39)45-28-37(25-31(3)4)47(30-54(44)45)56(10,11)12/h15,17-19,21-24,27-31,34,40,44H,6,13-14,16,20,25-26H2,1-5,7-12H3/q+2. The molecule has 5 heteroatoms. The molecule has 0 aliphatic carbocycles. The lowest BCUT2D eigenvalue weighted by Gasteiger charge is -2.34. The number of pyridine rings is 3. The lowest BCUT2D eigenvalue weighted by Crippen LogP contribution is -2.54. The molecule has 2 aliphatic heterocycles. The van der Waals surface area contributed by atoms with E-state index in [1.807, 2.05) is 6.92 Å². The molecule has 0 N–H and O–H groups in total. The summed E-state index contributed by atoms with van der Waals surface area (Å²) in [6.07, 6.45) is 11.1. The Hall–Kier alpha value is -4.35. The van der Waals surface area contributed by atoms with Crippen molar-refractivity contribution in [1.29, 1.82) is 0 Å². The zero-order valence-electron chi connectivity index (χ0n) is 35.9. The zero-order chi connectivity index (χ0) is 39.8. The van der Waals surface area contributed by atoms with Gasteiger partial charge in [-0.05, 0) is 109 Å². The molecule has 8 rings (SSSR count). The summed E-state index contributed by atoms with van der Waals surface area (Å²) < 4.78 is 12.0. The first-order valence-electron chi connectivity index (χ1n) is 21.4. The van der Waals surface area contributed by atoms with Crippen molar-refractivity contribution in [1.82, 2.24) is 4.98 Å². The third kappa shape index (κ3) is 6.68. The van der Waals surface area contributed by atoms with Crippen LogP contribution >= 0.6 is 0 Å². The average molecular weight is 762 g/mol. The lowest BCUT2D eigenvalue weighted by atomic mass is 9.75. The number of fused-ring (bicyclic) bond motifs is 13. The van der Waals surface area contributed by atoms with Gasteiger partial charge in [0, 0.05) is 45.8 Å². The van der Waals surface area contributed by atoms with Crippen LogP contribution in [-0.2, 0) is 18.3 Å². The molecule has 4 nitrogen and oxygen atoms in total. The van der Waals surface area contributed by atoms with Crippen LogP contribution in [0.5, 0.6) is 0 Å². The van der Waals surface area contributed by atoms with Gasteiger partial charge >= 0.3 is 0 Å². The Morgan fingerprint density at radius 2 is 1.68 bits per heavy atom. The third-order valence-corrected chi connectivity index (χ3v) is 15.1. The molecule has 0 saturated heterocycles. The second-order valence-electron chi connectivity index (χ2n) is 19.5. The van der Waals surface area contributed by atoms with Gasteiger partial charge in [0.25, 0.3) is 0 Å². The molecule has 0 fully saturated rings. The number of hydrogen-bond donors (Lipinski definition) is 0. The number of hydrogen-bond acceptors (Lipinski definition) is 2. The highest BCUT2D eigenvalue weighted by molar-refractivity contribution is 6.89. The van der Waals surface area contributed by atoms with Gasteiger partial charge in [0.1, 0.15) is 0 Å². The number of rotatable bonds is 6. The highest BCUT2D eigenvalue weighted by Crippen LogP contribution is 2.47. The molecule has 56 heavy (non-hydrogen) atoms. The molecule has 0 bridgehead atoms. The minimum atomic E-state index is -1.69. The number of benzene rings is 2. The van der Waals surface area contributed by atoms with Crippen LogP contribution in [0.3, 0.4) is 0 Å². The van der Waals surface area contributed by atoms with E-state index in [4.69, 9.17) is 16.0 Å². The van der Waals surface area contributed by atoms with Crippen molar-refractivity contribution in [3.63, 3.8) is 0 Å². The Labute approximate surface area is 336 Å². The van der Waals surface area contributed by atoms with Crippen molar-refractivity contribution < 1.29 is 13.6 Å². The van der Waals surface area contributed by atoms with E-state index in [1.54, 1.807) is 5.19 Å². The fourth-order valence-electron chi connectivity index (χ4n) is 9.93. The topological polar surface area (TPSA) is 33.8 Å². The first-order chi connectivity index (χ1) is 26.6. The zero-order valence-corrected chi connectivity index (χ0v) is 36.9. The Morgan fingerprint density at radius 3 is 2.38 bits per heavy atom. The van der Waals surface area contributed by atoms with Gasteiger partial charge in [0.05, 0.1) is 25.6 Å². The van der Waals surface area contributed by atoms with E-state index in [0.29, 0.717) is 23.5 Å². The monoisotopic (exact) mass is 761 g/mol. The van der Waals surface area contributed by atoms with E-state index < -0.39 is 8.07 Å². The molecule has 2 atom stereocenters. The second kappa shape index (κ2) is 14.2. The van der Waals surface area contributed by atoms with Crippen LogP contribution in [-0.4, -0.2) is 13.1 Å². The first kappa shape index (κ1) is 38.5. The average Bonchev–Trinajstić information content (AvgIpc) is 3.50. The quantitative estimate of drug-likeness (QED) is 0.125. The van der Waals surface area contributed by atoms with E-state index in [-0.39, 0.29) is 11.5 Å². The second-order valence-corrected chi connectivity index (χ2v) is 24.5. The Morgan fingerprint density at radius 1 is 0.929 bits per heavy atom. The van der Waals surface area contributed by atoms with Gasteiger partial charge in [-0.15, -0.1) is 0 Å². The van der Waals surface area contributed by atoms with Crippen molar-refractivity contribution in [3.8, 4) is 22.5 Å². The van der Waals surface area contributed by atoms with Crippen LogP contribution in [0.2, 0.25) is 19.6 Å². The van der Waals surface area contributed by atoms with Gasteiger partial charge in [-0.3, -0.25) is 0 Å². The molecule has 2 aromatic carbocycles. The number of furan rings is 1. The van der Waals surface area contributed by atoms with E-state index in [2.05, 4.69) is 150 Å². The SMILES string of the molecule is C=C1CC2C(CCc3ccc4c(oc5nc(C)ccc54)c3-c3cc(C(CC)CC)cc[n+]31)c1ccc(C(C)(C)C)cc1-c1cc(CC(C)C)c([Si](C)(C)C)c[n+]12. The smallest absolute Gasteiger partial charge is 0.227 e. The van der Waals surface area contributed by atoms with E-state index in [0.717, 1.165) is 66.3 Å². The van der Waals surface area contributed by atoms with Crippen molar-refractivity contribution in [2.24, 2.45) is 5.92 Å². The molecule has 2 unspecified atom stereocenters. The Bertz CT molecular complexity index is 2500. The van der Waals surface area contributed by atoms with Gasteiger partial charge in [-0.1, -0.05) is 92.4 Å². The summed E-state index contributed by atoms with van der Waals surface area (Å²) in [4.78, 5) is 4.86. The highest BCUT2D eigenvalue weighted by atomic mass is 28.3. The Kier molecular flexibility index (Phi) is 9.79. The summed E-state index contributed by atoms with van der Waals surface area (Å²) in [7, 11) is -1.69. The molecule has 4 aromatic heterocycles. The molecular weight excluding hydrogens is 699 g/mol. The van der Waals surface area contributed by atoms with Gasteiger partial charge < -0.3 is 4.42 Å². The molecule has 6 aromatic rings. The molecule has 0 spiro atoms. The van der Waals surface area contributed by atoms with Crippen LogP contribution in [0.25, 0.3) is 50.3 Å². The molecular formula is C51H63N3OSi+2. The minimum absolute atomic E-state index is 0.0540. The van der Waals surface area contributed by atoms with E-state index in [1.165, 1.54) is 50.3 Å². The fourth-order valence-corrected chi connectivity index (χ4v) is 11.6. The maximum atomic E-state index is 6.83. The fraction of sp³-hybridized carbons (Fsp3) is 0.431. The van der Waals surface area contributed by atoms with Crippen LogP contribution in [0.1, 0.15) is 126 Å². The highest BCUT2D eigenvalue weighted by Gasteiger charge is 2.44. The molecule has 0 amide bonds. The molecule has 6 heterocycles. The summed E-state index contributed by atoms with van der Waals surface area (Å²) >= 11 is 0. The van der Waals surface area contributed by atoms with Crippen molar-refractivity contribution in [3.05, 3.63) is 113 Å². The van der Waals surface area contributed by atoms with Crippen LogP contribution in [0, 0.1) is 12.8 Å². The van der Waals surface area contributed by atoms with Crippen molar-refractivity contribution in [2.75, 3.05) is 0 Å². The minimum Gasteiger partial charge on any atom is -0.437 e. The van der Waals surface area contributed by atoms with E-state index in [9.17, 15) is 0 Å². The van der Waals surface area contributed by atoms with Crippen LogP contribution in [0.15, 0.2) is 84.1 Å². The van der Waals surface area contributed by atoms with Gasteiger partial charge in [0.2, 0.25) is 17.1 Å². The maximum Gasteiger partial charge on any atom is 0.227 e. The summed E-state index contributed by atoms with van der Waals surface area (Å²) in [5.41, 5.74) is 16.1. The maximum absolute atomic E-state index is 6.83. The number of aryl methyl sites for hydroxylation is 2. The predicted molar refractivity (Wildman–Crippen MR) is 238 cm³/mol. The number of allylic oxidation sites excluding steroid dienone is 1. The molecule has 2 aliphatic rings. The molecule has 0 radical (unpaired) electrons. The third-order valence-electron chi connectivity index (χ3n) is 13.0. The molecule has 290 valence electrons. The molecule has 0 saturated carbocycles. The predicted octanol–water partition coefficient (Wildman–Crippen LogP) is 12.3. The summed E-state index contributed by atoms with van der Waals surface area (Å²) in [6, 6.07) is 24.0. The largest absolute Gasteiger partial charge is 0.437 e. The summed E-state index contributed by atoms with van der Waals surface area (Å²) in [5.74, 6) is 1.40.